The molecule has 0 saturated carbocycles. The SMILES string of the molecule is N#CC1CNN=C1I. The average Bonchev–Trinajstić information content (AvgIpc) is 2.14. The molecule has 1 N–H and O–H groups in total. The first kappa shape index (κ1) is 5.82. The number of hydrogen-bond donors (Lipinski definition) is 1. The van der Waals surface area contributed by atoms with Crippen molar-refractivity contribution in [2.24, 2.45) is 11.0 Å². The van der Waals surface area contributed by atoms with Crippen LogP contribution in [-0.2, 0) is 0 Å². The van der Waals surface area contributed by atoms with Crippen molar-refractivity contribution >= 4 is 26.3 Å². The van der Waals surface area contributed by atoms with Crippen LogP contribution in [-0.4, -0.2) is 10.3 Å². The summed E-state index contributed by atoms with van der Waals surface area (Å²) in [6.07, 6.45) is 0. The normalized spacial score (nSPS) is 26.0. The van der Waals surface area contributed by atoms with Gasteiger partial charge in [0.1, 0.15) is 9.64 Å². The van der Waals surface area contributed by atoms with Gasteiger partial charge in [0.2, 0.25) is 0 Å². The average molecular weight is 221 g/mol. The van der Waals surface area contributed by atoms with Gasteiger partial charge in [0.05, 0.1) is 12.6 Å². The summed E-state index contributed by atoms with van der Waals surface area (Å²) < 4.78 is 0.866. The van der Waals surface area contributed by atoms with Crippen molar-refractivity contribution in [3.05, 3.63) is 0 Å². The molecule has 0 fully saturated rings. The Hall–Kier alpha value is -0.310. The molecule has 42 valence electrons. The summed E-state index contributed by atoms with van der Waals surface area (Å²) in [5.41, 5.74) is 2.73. The second-order valence-corrected chi connectivity index (χ2v) is 2.58. The van der Waals surface area contributed by atoms with Crippen LogP contribution in [0.1, 0.15) is 0 Å². The molecule has 1 aliphatic heterocycles. The van der Waals surface area contributed by atoms with Gasteiger partial charge in [-0.15, -0.1) is 0 Å². The smallest absolute Gasteiger partial charge is 0.117 e. The molecule has 1 aliphatic rings. The quantitative estimate of drug-likeness (QED) is 0.604. The van der Waals surface area contributed by atoms with E-state index in [2.05, 4.69) is 39.2 Å². The van der Waals surface area contributed by atoms with Crippen molar-refractivity contribution < 1.29 is 0 Å². The van der Waals surface area contributed by atoms with Crippen molar-refractivity contribution in [2.75, 3.05) is 6.54 Å². The van der Waals surface area contributed by atoms with Crippen LogP contribution in [0, 0.1) is 17.2 Å². The molecular formula is C4H4IN3. The van der Waals surface area contributed by atoms with E-state index >= 15 is 0 Å². The number of nitrogens with zero attached hydrogens (tertiary/aromatic N) is 2. The zero-order valence-electron chi connectivity index (χ0n) is 4.06. The maximum Gasteiger partial charge on any atom is 0.117 e. The Morgan fingerprint density at radius 3 is 3.00 bits per heavy atom. The Labute approximate surface area is 60.9 Å². The first-order chi connectivity index (χ1) is 3.84. The molecule has 0 saturated heterocycles. The molecule has 0 aromatic heterocycles. The third-order valence-corrected chi connectivity index (χ3v) is 1.92. The van der Waals surface area contributed by atoms with Crippen LogP contribution in [0.25, 0.3) is 0 Å². The van der Waals surface area contributed by atoms with E-state index in [1.807, 2.05) is 0 Å². The minimum atomic E-state index is -0.00407. The standard InChI is InChI=1S/C4H4IN3/c5-4-3(1-6)2-7-8-4/h3,7H,2H2. The molecule has 1 unspecified atom stereocenters. The molecule has 0 aliphatic carbocycles. The van der Waals surface area contributed by atoms with Crippen LogP contribution in [0.15, 0.2) is 5.10 Å². The topological polar surface area (TPSA) is 48.2 Å². The molecule has 0 radical (unpaired) electrons. The second kappa shape index (κ2) is 2.31. The predicted octanol–water partition coefficient (Wildman–Crippen LogP) is 0.478. The highest BCUT2D eigenvalue weighted by molar-refractivity contribution is 14.1. The van der Waals surface area contributed by atoms with Crippen LogP contribution in [0.3, 0.4) is 0 Å². The molecule has 8 heavy (non-hydrogen) atoms. The summed E-state index contributed by atoms with van der Waals surface area (Å²) >= 11 is 2.06. The number of nitrogens with one attached hydrogen (secondary N) is 1. The summed E-state index contributed by atoms with van der Waals surface area (Å²) in [7, 11) is 0. The Balaban J connectivity index is 2.63. The molecule has 0 aromatic rings. The number of halogens is 1. The summed E-state index contributed by atoms with van der Waals surface area (Å²) in [6, 6.07) is 2.11. The van der Waals surface area contributed by atoms with Gasteiger partial charge >= 0.3 is 0 Å². The highest BCUT2D eigenvalue weighted by atomic mass is 127. The largest absolute Gasteiger partial charge is 0.308 e. The van der Waals surface area contributed by atoms with Gasteiger partial charge in [-0.25, -0.2) is 0 Å². The van der Waals surface area contributed by atoms with Crippen LogP contribution in [0.4, 0.5) is 0 Å². The van der Waals surface area contributed by atoms with Gasteiger partial charge in [0.15, 0.2) is 0 Å². The lowest BCUT2D eigenvalue weighted by Crippen LogP contribution is -2.09. The molecule has 1 atom stereocenters. The lowest BCUT2D eigenvalue weighted by atomic mass is 10.2. The van der Waals surface area contributed by atoms with Gasteiger partial charge in [-0.05, 0) is 22.6 Å². The summed E-state index contributed by atoms with van der Waals surface area (Å²) in [6.45, 7) is 0.675. The van der Waals surface area contributed by atoms with Crippen LogP contribution in [0.2, 0.25) is 0 Å². The summed E-state index contributed by atoms with van der Waals surface area (Å²) in [5.74, 6) is -0.00407. The molecular weight excluding hydrogens is 217 g/mol. The van der Waals surface area contributed by atoms with E-state index in [4.69, 9.17) is 5.26 Å². The van der Waals surface area contributed by atoms with Crippen molar-refractivity contribution in [3.63, 3.8) is 0 Å². The molecule has 1 heterocycles. The zero-order valence-corrected chi connectivity index (χ0v) is 6.21. The molecule has 0 aromatic carbocycles. The van der Waals surface area contributed by atoms with E-state index in [1.165, 1.54) is 0 Å². The van der Waals surface area contributed by atoms with E-state index in [0.29, 0.717) is 6.54 Å². The van der Waals surface area contributed by atoms with E-state index in [1.54, 1.807) is 0 Å². The molecule has 4 heteroatoms. The third-order valence-electron chi connectivity index (χ3n) is 0.925. The van der Waals surface area contributed by atoms with Crippen molar-refractivity contribution in [3.8, 4) is 6.07 Å². The van der Waals surface area contributed by atoms with E-state index in [0.717, 1.165) is 3.72 Å². The number of hydrogen-bond acceptors (Lipinski definition) is 3. The van der Waals surface area contributed by atoms with Gasteiger partial charge in [-0.3, -0.25) is 0 Å². The Kier molecular flexibility index (Phi) is 1.68. The van der Waals surface area contributed by atoms with Crippen LogP contribution in [0.5, 0.6) is 0 Å². The van der Waals surface area contributed by atoms with Crippen molar-refractivity contribution in [1.82, 2.24) is 5.43 Å². The lowest BCUT2D eigenvalue weighted by molar-refractivity contribution is 0.756. The molecule has 3 nitrogen and oxygen atoms in total. The first-order valence-electron chi connectivity index (χ1n) is 2.20. The molecule has 1 rings (SSSR count). The second-order valence-electron chi connectivity index (χ2n) is 1.48. The fourth-order valence-corrected chi connectivity index (χ4v) is 1.00. The Morgan fingerprint density at radius 2 is 2.75 bits per heavy atom. The minimum Gasteiger partial charge on any atom is -0.308 e. The van der Waals surface area contributed by atoms with Crippen LogP contribution >= 0.6 is 22.6 Å². The lowest BCUT2D eigenvalue weighted by Gasteiger charge is -1.89. The fraction of sp³-hybridized carbons (Fsp3) is 0.500. The minimum absolute atomic E-state index is 0.00407. The third kappa shape index (κ3) is 0.916. The van der Waals surface area contributed by atoms with E-state index < -0.39 is 0 Å². The Bertz CT molecular complexity index is 157. The predicted molar refractivity (Wildman–Crippen MR) is 38.6 cm³/mol. The maximum absolute atomic E-state index is 8.36. The van der Waals surface area contributed by atoms with Crippen LogP contribution < -0.4 is 5.43 Å². The van der Waals surface area contributed by atoms with Gasteiger partial charge in [0.25, 0.3) is 0 Å². The highest BCUT2D eigenvalue weighted by Crippen LogP contribution is 2.08. The zero-order chi connectivity index (χ0) is 5.98. The summed E-state index contributed by atoms with van der Waals surface area (Å²) in [5, 5.41) is 12.2. The first-order valence-corrected chi connectivity index (χ1v) is 3.28. The van der Waals surface area contributed by atoms with Crippen molar-refractivity contribution in [2.45, 2.75) is 0 Å². The van der Waals surface area contributed by atoms with Gasteiger partial charge in [0, 0.05) is 0 Å². The number of rotatable bonds is 0. The fourth-order valence-electron chi connectivity index (χ4n) is 0.474. The monoisotopic (exact) mass is 221 g/mol. The number of nitriles is 1. The Morgan fingerprint density at radius 1 is 2.00 bits per heavy atom. The van der Waals surface area contributed by atoms with E-state index in [-0.39, 0.29) is 5.92 Å². The number of hydrazone groups is 1. The summed E-state index contributed by atoms with van der Waals surface area (Å²) in [4.78, 5) is 0. The van der Waals surface area contributed by atoms with E-state index in [9.17, 15) is 0 Å². The van der Waals surface area contributed by atoms with Gasteiger partial charge in [-0.2, -0.15) is 10.4 Å². The maximum atomic E-state index is 8.36. The van der Waals surface area contributed by atoms with Gasteiger partial charge in [-0.1, -0.05) is 0 Å². The molecule has 0 amide bonds. The highest BCUT2D eigenvalue weighted by Gasteiger charge is 2.16. The molecule has 0 bridgehead atoms. The molecule has 0 spiro atoms. The van der Waals surface area contributed by atoms with Gasteiger partial charge < -0.3 is 5.43 Å². The van der Waals surface area contributed by atoms with Crippen molar-refractivity contribution in [1.29, 1.82) is 5.26 Å².